The summed E-state index contributed by atoms with van der Waals surface area (Å²) in [6.07, 6.45) is 9.49. The fourth-order valence-electron chi connectivity index (χ4n) is 4.68. The first kappa shape index (κ1) is 21.6. The van der Waals surface area contributed by atoms with Gasteiger partial charge in [0.25, 0.3) is 0 Å². The number of aromatic nitrogens is 1. The van der Waals surface area contributed by atoms with E-state index in [2.05, 4.69) is 20.2 Å². The lowest BCUT2D eigenvalue weighted by Crippen LogP contribution is -2.39. The number of hydrogen-bond donors (Lipinski definition) is 1. The fraction of sp³-hybridized carbons (Fsp3) is 0.714. The van der Waals surface area contributed by atoms with E-state index in [9.17, 15) is 0 Å². The first-order chi connectivity index (χ1) is 13.3. The van der Waals surface area contributed by atoms with Crippen molar-refractivity contribution in [2.75, 3.05) is 33.4 Å². The van der Waals surface area contributed by atoms with Crippen LogP contribution in [-0.2, 0) is 11.3 Å². The highest BCUT2D eigenvalue weighted by Gasteiger charge is 2.35. The molecule has 1 aromatic heterocycles. The Hall–Kier alpha value is -1.09. The number of nitrogens with zero attached hydrogens (tertiary/aromatic N) is 3. The SMILES string of the molecule is CN=C(NCc1ccnc(OC2CCOCC2)c1)N1CC2CCCCC2C1.I. The zero-order valence-corrected chi connectivity index (χ0v) is 19.1. The maximum Gasteiger partial charge on any atom is 0.213 e. The van der Waals surface area contributed by atoms with Crippen LogP contribution in [0.3, 0.4) is 0 Å². The summed E-state index contributed by atoms with van der Waals surface area (Å²) >= 11 is 0. The molecule has 3 heterocycles. The van der Waals surface area contributed by atoms with Gasteiger partial charge in [0.2, 0.25) is 5.88 Å². The van der Waals surface area contributed by atoms with E-state index in [1.165, 1.54) is 31.2 Å². The molecule has 0 aromatic carbocycles. The minimum atomic E-state index is 0. The molecule has 3 fully saturated rings. The monoisotopic (exact) mass is 500 g/mol. The number of nitrogens with one attached hydrogen (secondary N) is 1. The van der Waals surface area contributed by atoms with Crippen molar-refractivity contribution in [3.05, 3.63) is 23.9 Å². The normalized spacial score (nSPS) is 25.8. The largest absolute Gasteiger partial charge is 0.474 e. The third-order valence-electron chi connectivity index (χ3n) is 6.19. The van der Waals surface area contributed by atoms with Crippen LogP contribution in [0.5, 0.6) is 5.88 Å². The van der Waals surface area contributed by atoms with Gasteiger partial charge < -0.3 is 19.7 Å². The molecule has 0 amide bonds. The van der Waals surface area contributed by atoms with E-state index in [1.807, 2.05) is 25.4 Å². The summed E-state index contributed by atoms with van der Waals surface area (Å²) in [7, 11) is 1.89. The third-order valence-corrected chi connectivity index (χ3v) is 6.19. The van der Waals surface area contributed by atoms with Crippen LogP contribution >= 0.6 is 24.0 Å². The summed E-state index contributed by atoms with van der Waals surface area (Å²) in [5, 5.41) is 3.54. The lowest BCUT2D eigenvalue weighted by Gasteiger charge is -2.23. The van der Waals surface area contributed by atoms with Crippen LogP contribution in [0.1, 0.15) is 44.1 Å². The average molecular weight is 500 g/mol. The van der Waals surface area contributed by atoms with Crippen molar-refractivity contribution in [1.29, 1.82) is 0 Å². The van der Waals surface area contributed by atoms with Gasteiger partial charge in [0.15, 0.2) is 5.96 Å². The highest BCUT2D eigenvalue weighted by Crippen LogP contribution is 2.35. The summed E-state index contributed by atoms with van der Waals surface area (Å²) < 4.78 is 11.4. The van der Waals surface area contributed by atoms with Gasteiger partial charge in [-0.05, 0) is 36.3 Å². The van der Waals surface area contributed by atoms with Gasteiger partial charge in [0.1, 0.15) is 6.10 Å². The predicted octanol–water partition coefficient (Wildman–Crippen LogP) is 3.45. The second-order valence-electron chi connectivity index (χ2n) is 8.04. The Bertz CT molecular complexity index is 637. The molecule has 0 radical (unpaired) electrons. The van der Waals surface area contributed by atoms with Gasteiger partial charge in [-0.1, -0.05) is 12.8 Å². The van der Waals surface area contributed by atoms with Crippen LogP contribution in [0.15, 0.2) is 23.3 Å². The maximum atomic E-state index is 6.03. The van der Waals surface area contributed by atoms with Crippen LogP contribution in [0.25, 0.3) is 0 Å². The standard InChI is InChI=1S/C21H32N4O2.HI/c1-22-21(25-14-17-4-2-3-5-18(17)15-25)24-13-16-6-9-23-20(12-16)27-19-7-10-26-11-8-19;/h6,9,12,17-19H,2-5,7-8,10-11,13-15H2,1H3,(H,22,24);1H. The van der Waals surface area contributed by atoms with Gasteiger partial charge in [-0.2, -0.15) is 0 Å². The molecular weight excluding hydrogens is 467 g/mol. The van der Waals surface area contributed by atoms with Crippen LogP contribution in [0.2, 0.25) is 0 Å². The van der Waals surface area contributed by atoms with Gasteiger partial charge in [-0.3, -0.25) is 4.99 Å². The quantitative estimate of drug-likeness (QED) is 0.390. The van der Waals surface area contributed by atoms with Gasteiger partial charge in [-0.25, -0.2) is 4.98 Å². The van der Waals surface area contributed by atoms with Crippen LogP contribution in [-0.4, -0.2) is 55.3 Å². The number of hydrogen-bond acceptors (Lipinski definition) is 4. The molecule has 2 aliphatic heterocycles. The molecule has 4 rings (SSSR count). The summed E-state index contributed by atoms with van der Waals surface area (Å²) in [6.45, 7) is 4.60. The Morgan fingerprint density at radius 1 is 1.21 bits per heavy atom. The summed E-state index contributed by atoms with van der Waals surface area (Å²) in [6, 6.07) is 4.08. The highest BCUT2D eigenvalue weighted by molar-refractivity contribution is 14.0. The number of aliphatic imine (C=N–C) groups is 1. The zero-order chi connectivity index (χ0) is 18.5. The molecule has 2 unspecified atom stereocenters. The minimum Gasteiger partial charge on any atom is -0.474 e. The van der Waals surface area contributed by atoms with Crippen LogP contribution in [0.4, 0.5) is 0 Å². The number of halogens is 1. The number of guanidine groups is 1. The fourth-order valence-corrected chi connectivity index (χ4v) is 4.68. The minimum absolute atomic E-state index is 0. The van der Waals surface area contributed by atoms with Crippen molar-refractivity contribution in [1.82, 2.24) is 15.2 Å². The van der Waals surface area contributed by atoms with E-state index in [0.29, 0.717) is 5.88 Å². The Balaban J connectivity index is 0.00000225. The number of likely N-dealkylation sites (tertiary alicyclic amines) is 1. The second-order valence-corrected chi connectivity index (χ2v) is 8.04. The summed E-state index contributed by atoms with van der Waals surface area (Å²) in [4.78, 5) is 11.4. The number of ether oxygens (including phenoxy) is 2. The van der Waals surface area contributed by atoms with E-state index >= 15 is 0 Å². The molecule has 1 aliphatic carbocycles. The number of fused-ring (bicyclic) bond motifs is 1. The number of rotatable bonds is 4. The third kappa shape index (κ3) is 5.49. The van der Waals surface area contributed by atoms with Crippen molar-refractivity contribution in [3.8, 4) is 5.88 Å². The topological polar surface area (TPSA) is 59.0 Å². The molecule has 1 N–H and O–H groups in total. The van der Waals surface area contributed by atoms with Crippen molar-refractivity contribution in [2.45, 2.75) is 51.2 Å². The molecule has 0 spiro atoms. The van der Waals surface area contributed by atoms with Crippen molar-refractivity contribution < 1.29 is 9.47 Å². The molecule has 2 atom stereocenters. The molecule has 28 heavy (non-hydrogen) atoms. The molecule has 7 heteroatoms. The summed E-state index contributed by atoms with van der Waals surface area (Å²) in [5.74, 6) is 3.45. The predicted molar refractivity (Wildman–Crippen MR) is 121 cm³/mol. The van der Waals surface area contributed by atoms with Crippen molar-refractivity contribution in [3.63, 3.8) is 0 Å². The van der Waals surface area contributed by atoms with Crippen LogP contribution < -0.4 is 10.1 Å². The highest BCUT2D eigenvalue weighted by atomic mass is 127. The Morgan fingerprint density at radius 2 is 1.93 bits per heavy atom. The van der Waals surface area contributed by atoms with Gasteiger partial charge in [0, 0.05) is 51.8 Å². The number of pyridine rings is 1. The molecule has 0 bridgehead atoms. The lowest BCUT2D eigenvalue weighted by atomic mass is 9.82. The van der Waals surface area contributed by atoms with E-state index in [-0.39, 0.29) is 30.1 Å². The zero-order valence-electron chi connectivity index (χ0n) is 16.8. The maximum absolute atomic E-state index is 6.03. The van der Waals surface area contributed by atoms with E-state index in [1.54, 1.807) is 0 Å². The van der Waals surface area contributed by atoms with Gasteiger partial charge in [-0.15, -0.1) is 24.0 Å². The molecule has 156 valence electrons. The van der Waals surface area contributed by atoms with E-state index in [0.717, 1.165) is 63.5 Å². The first-order valence-electron chi connectivity index (χ1n) is 10.5. The Morgan fingerprint density at radius 3 is 2.61 bits per heavy atom. The summed E-state index contributed by atoms with van der Waals surface area (Å²) in [5.41, 5.74) is 1.17. The first-order valence-corrected chi connectivity index (χ1v) is 10.5. The lowest BCUT2D eigenvalue weighted by molar-refractivity contribution is 0.0237. The van der Waals surface area contributed by atoms with E-state index in [4.69, 9.17) is 9.47 Å². The second kappa shape index (κ2) is 10.6. The van der Waals surface area contributed by atoms with Crippen molar-refractivity contribution in [2.24, 2.45) is 16.8 Å². The van der Waals surface area contributed by atoms with Crippen molar-refractivity contribution >= 4 is 29.9 Å². The molecule has 2 saturated heterocycles. The Kier molecular flexibility index (Phi) is 8.20. The molecular formula is C21H33IN4O2. The molecule has 1 saturated carbocycles. The smallest absolute Gasteiger partial charge is 0.213 e. The molecule has 6 nitrogen and oxygen atoms in total. The van der Waals surface area contributed by atoms with Gasteiger partial charge in [0.05, 0.1) is 13.2 Å². The molecule has 3 aliphatic rings. The molecule has 1 aromatic rings. The Labute approximate surface area is 185 Å². The van der Waals surface area contributed by atoms with E-state index < -0.39 is 0 Å². The van der Waals surface area contributed by atoms with Gasteiger partial charge >= 0.3 is 0 Å². The van der Waals surface area contributed by atoms with Crippen LogP contribution in [0, 0.1) is 11.8 Å². The average Bonchev–Trinajstić information content (AvgIpc) is 3.13.